The van der Waals surface area contributed by atoms with Gasteiger partial charge >= 0.3 is 0 Å². The molecule has 1 aliphatic heterocycles. The first kappa shape index (κ1) is 8.52. The highest BCUT2D eigenvalue weighted by molar-refractivity contribution is 5.00. The van der Waals surface area contributed by atoms with E-state index in [1.807, 2.05) is 0 Å². The molecule has 1 aliphatic carbocycles. The summed E-state index contributed by atoms with van der Waals surface area (Å²) >= 11 is 0. The summed E-state index contributed by atoms with van der Waals surface area (Å²) in [6.45, 7) is 4.62. The summed E-state index contributed by atoms with van der Waals surface area (Å²) in [6.07, 6.45) is 6.54. The number of nitrogens with two attached hydrogens (primary N) is 1. The van der Waals surface area contributed by atoms with E-state index < -0.39 is 0 Å². The monoisotopic (exact) mass is 168 g/mol. The van der Waals surface area contributed by atoms with E-state index in [4.69, 9.17) is 5.73 Å². The molecule has 2 nitrogen and oxygen atoms in total. The molecular weight excluding hydrogens is 148 g/mol. The van der Waals surface area contributed by atoms with E-state index in [1.165, 1.54) is 45.2 Å². The van der Waals surface area contributed by atoms with Crippen LogP contribution >= 0.6 is 0 Å². The second kappa shape index (κ2) is 2.71. The zero-order chi connectivity index (χ0) is 8.66. The Kier molecular flexibility index (Phi) is 1.92. The molecule has 1 saturated carbocycles. The molecule has 0 bridgehead atoms. The second-order valence-corrected chi connectivity index (χ2v) is 5.08. The molecule has 0 radical (unpaired) electrons. The Balaban J connectivity index is 2.03. The van der Waals surface area contributed by atoms with Crippen LogP contribution in [0.4, 0.5) is 0 Å². The Bertz CT molecular complexity index is 169. The Morgan fingerprint density at radius 3 is 2.25 bits per heavy atom. The molecule has 1 saturated heterocycles. The standard InChI is InChI=1S/C10H20N2/c1-9(11)2-3-10(8-9)4-6-12-7-5-10/h12H,2-8,11H2,1H3. The third kappa shape index (κ3) is 1.50. The Labute approximate surface area is 74.9 Å². The SMILES string of the molecule is CC1(N)CCC2(CCNCC2)C1. The molecular formula is C10H20N2. The van der Waals surface area contributed by atoms with Gasteiger partial charge in [0.05, 0.1) is 0 Å². The van der Waals surface area contributed by atoms with Gasteiger partial charge in [0.25, 0.3) is 0 Å². The summed E-state index contributed by atoms with van der Waals surface area (Å²) in [7, 11) is 0. The van der Waals surface area contributed by atoms with Crippen LogP contribution in [-0.4, -0.2) is 18.6 Å². The molecule has 2 aliphatic rings. The minimum atomic E-state index is 0.136. The van der Waals surface area contributed by atoms with Gasteiger partial charge in [0.2, 0.25) is 0 Å². The zero-order valence-electron chi connectivity index (χ0n) is 8.03. The molecule has 0 amide bonds. The molecule has 70 valence electrons. The van der Waals surface area contributed by atoms with E-state index in [0.29, 0.717) is 5.41 Å². The van der Waals surface area contributed by atoms with Crippen LogP contribution in [-0.2, 0) is 0 Å². The van der Waals surface area contributed by atoms with Crippen LogP contribution in [0.25, 0.3) is 0 Å². The van der Waals surface area contributed by atoms with E-state index >= 15 is 0 Å². The minimum Gasteiger partial charge on any atom is -0.325 e. The van der Waals surface area contributed by atoms with Gasteiger partial charge in [0, 0.05) is 5.54 Å². The van der Waals surface area contributed by atoms with E-state index in [1.54, 1.807) is 0 Å². The smallest absolute Gasteiger partial charge is 0.0131 e. The summed E-state index contributed by atoms with van der Waals surface area (Å²) in [5, 5.41) is 3.42. The maximum absolute atomic E-state index is 6.16. The Morgan fingerprint density at radius 2 is 1.75 bits per heavy atom. The topological polar surface area (TPSA) is 38.0 Å². The third-order valence-corrected chi connectivity index (χ3v) is 3.67. The lowest BCUT2D eigenvalue weighted by molar-refractivity contribution is 0.198. The summed E-state index contributed by atoms with van der Waals surface area (Å²) in [5.74, 6) is 0. The second-order valence-electron chi connectivity index (χ2n) is 5.08. The van der Waals surface area contributed by atoms with Crippen LogP contribution in [0.1, 0.15) is 39.0 Å². The average molecular weight is 168 g/mol. The van der Waals surface area contributed by atoms with Crippen molar-refractivity contribution in [3.8, 4) is 0 Å². The van der Waals surface area contributed by atoms with Crippen molar-refractivity contribution in [1.29, 1.82) is 0 Å². The Hall–Kier alpha value is -0.0800. The van der Waals surface area contributed by atoms with Crippen molar-refractivity contribution in [3.05, 3.63) is 0 Å². The maximum atomic E-state index is 6.16. The summed E-state index contributed by atoms with van der Waals surface area (Å²) in [4.78, 5) is 0. The third-order valence-electron chi connectivity index (χ3n) is 3.67. The first-order chi connectivity index (χ1) is 5.62. The van der Waals surface area contributed by atoms with Crippen LogP contribution in [0.2, 0.25) is 0 Å². The van der Waals surface area contributed by atoms with Crippen molar-refractivity contribution in [2.45, 2.75) is 44.6 Å². The van der Waals surface area contributed by atoms with Crippen molar-refractivity contribution in [1.82, 2.24) is 5.32 Å². The first-order valence-corrected chi connectivity index (χ1v) is 5.12. The molecule has 2 rings (SSSR count). The Morgan fingerprint density at radius 1 is 1.08 bits per heavy atom. The fraction of sp³-hybridized carbons (Fsp3) is 1.00. The van der Waals surface area contributed by atoms with Crippen LogP contribution in [0.15, 0.2) is 0 Å². The minimum absolute atomic E-state index is 0.136. The molecule has 0 aromatic heterocycles. The number of hydrogen-bond acceptors (Lipinski definition) is 2. The van der Waals surface area contributed by atoms with Crippen molar-refractivity contribution < 1.29 is 0 Å². The fourth-order valence-electron chi connectivity index (χ4n) is 2.97. The van der Waals surface area contributed by atoms with Gasteiger partial charge in [-0.25, -0.2) is 0 Å². The van der Waals surface area contributed by atoms with Crippen molar-refractivity contribution >= 4 is 0 Å². The molecule has 1 atom stereocenters. The normalized spacial score (nSPS) is 40.5. The van der Waals surface area contributed by atoms with Crippen LogP contribution in [0, 0.1) is 5.41 Å². The van der Waals surface area contributed by atoms with Gasteiger partial charge in [0.1, 0.15) is 0 Å². The molecule has 2 heteroatoms. The molecule has 1 unspecified atom stereocenters. The predicted molar refractivity (Wildman–Crippen MR) is 51.0 cm³/mol. The number of rotatable bonds is 0. The molecule has 1 spiro atoms. The quantitative estimate of drug-likeness (QED) is 0.571. The largest absolute Gasteiger partial charge is 0.325 e. The van der Waals surface area contributed by atoms with Gasteiger partial charge in [-0.1, -0.05) is 0 Å². The van der Waals surface area contributed by atoms with Crippen molar-refractivity contribution in [2.75, 3.05) is 13.1 Å². The molecule has 1 heterocycles. The van der Waals surface area contributed by atoms with E-state index in [-0.39, 0.29) is 5.54 Å². The van der Waals surface area contributed by atoms with Crippen molar-refractivity contribution in [2.24, 2.45) is 11.1 Å². The predicted octanol–water partition coefficient (Wildman–Crippen LogP) is 1.26. The first-order valence-electron chi connectivity index (χ1n) is 5.12. The van der Waals surface area contributed by atoms with Gasteiger partial charge < -0.3 is 11.1 Å². The number of piperidine rings is 1. The summed E-state index contributed by atoms with van der Waals surface area (Å²) in [5.41, 5.74) is 6.92. The van der Waals surface area contributed by atoms with Crippen molar-refractivity contribution in [3.63, 3.8) is 0 Å². The summed E-state index contributed by atoms with van der Waals surface area (Å²) < 4.78 is 0. The van der Waals surface area contributed by atoms with Crippen LogP contribution in [0.3, 0.4) is 0 Å². The number of nitrogens with one attached hydrogen (secondary N) is 1. The molecule has 2 fully saturated rings. The van der Waals surface area contributed by atoms with Gasteiger partial charge in [-0.3, -0.25) is 0 Å². The van der Waals surface area contributed by atoms with Gasteiger partial charge in [-0.2, -0.15) is 0 Å². The van der Waals surface area contributed by atoms with Gasteiger partial charge in [-0.05, 0) is 57.5 Å². The fourth-order valence-corrected chi connectivity index (χ4v) is 2.97. The summed E-state index contributed by atoms with van der Waals surface area (Å²) in [6, 6.07) is 0. The van der Waals surface area contributed by atoms with E-state index in [9.17, 15) is 0 Å². The lowest BCUT2D eigenvalue weighted by Crippen LogP contribution is -2.39. The van der Waals surface area contributed by atoms with Crippen LogP contribution < -0.4 is 11.1 Å². The van der Waals surface area contributed by atoms with E-state index in [2.05, 4.69) is 12.2 Å². The lowest BCUT2D eigenvalue weighted by Gasteiger charge is -2.35. The van der Waals surface area contributed by atoms with Gasteiger partial charge in [-0.15, -0.1) is 0 Å². The van der Waals surface area contributed by atoms with Gasteiger partial charge in [0.15, 0.2) is 0 Å². The maximum Gasteiger partial charge on any atom is 0.0131 e. The highest BCUT2D eigenvalue weighted by Gasteiger charge is 2.43. The molecule has 0 aromatic rings. The molecule has 3 N–H and O–H groups in total. The molecule has 0 aromatic carbocycles. The lowest BCUT2D eigenvalue weighted by atomic mass is 9.76. The highest BCUT2D eigenvalue weighted by Crippen LogP contribution is 2.48. The van der Waals surface area contributed by atoms with E-state index in [0.717, 1.165) is 0 Å². The highest BCUT2D eigenvalue weighted by atomic mass is 14.9. The van der Waals surface area contributed by atoms with Crippen LogP contribution in [0.5, 0.6) is 0 Å². The zero-order valence-corrected chi connectivity index (χ0v) is 8.03. The molecule has 12 heavy (non-hydrogen) atoms. The number of hydrogen-bond donors (Lipinski definition) is 2. The average Bonchev–Trinajstić information content (AvgIpc) is 2.29.